The smallest absolute Gasteiger partial charge is 0.382 e. The van der Waals surface area contributed by atoms with E-state index < -0.39 is 26.3 Å². The first-order chi connectivity index (χ1) is 11.4. The summed E-state index contributed by atoms with van der Waals surface area (Å²) in [5, 5.41) is 0. The van der Waals surface area contributed by atoms with Crippen molar-refractivity contribution in [2.24, 2.45) is 0 Å². The third-order valence-electron chi connectivity index (χ3n) is 3.37. The van der Waals surface area contributed by atoms with Crippen molar-refractivity contribution in [2.45, 2.75) is 18.4 Å². The van der Waals surface area contributed by atoms with Crippen LogP contribution < -0.4 is 5.73 Å². The van der Waals surface area contributed by atoms with Crippen molar-refractivity contribution in [2.75, 3.05) is 18.9 Å². The molecule has 4 N–H and O–H groups in total. The molecule has 0 saturated carbocycles. The maximum atomic E-state index is 11.1. The SMILES string of the molecule is C#CCOC1[C@@H](OP(=O)(O)O)CO[C@H]1n1cnc2c(N)ncnc21. The monoisotopic (exact) mass is 355 g/mol. The summed E-state index contributed by atoms with van der Waals surface area (Å²) < 4.78 is 28.4. The number of aromatic nitrogens is 4. The number of hydrogen-bond donors (Lipinski definition) is 3. The Morgan fingerprint density at radius 1 is 1.50 bits per heavy atom. The van der Waals surface area contributed by atoms with Gasteiger partial charge in [-0.1, -0.05) is 5.92 Å². The van der Waals surface area contributed by atoms with Gasteiger partial charge < -0.3 is 25.0 Å². The van der Waals surface area contributed by atoms with E-state index in [-0.39, 0.29) is 19.0 Å². The van der Waals surface area contributed by atoms with Gasteiger partial charge in [-0.2, -0.15) is 0 Å². The number of nitrogens with two attached hydrogens (primary N) is 1. The molecule has 3 atom stereocenters. The van der Waals surface area contributed by atoms with Crippen LogP contribution in [-0.2, 0) is 18.6 Å². The Hall–Kier alpha value is -2.06. The highest BCUT2D eigenvalue weighted by Gasteiger charge is 2.44. The van der Waals surface area contributed by atoms with Crippen LogP contribution >= 0.6 is 7.82 Å². The Kier molecular flexibility index (Phi) is 4.51. The minimum atomic E-state index is -4.73. The van der Waals surface area contributed by atoms with E-state index in [9.17, 15) is 4.57 Å². The second-order valence-corrected chi connectivity index (χ2v) is 6.11. The Labute approximate surface area is 136 Å². The van der Waals surface area contributed by atoms with Crippen LogP contribution in [0.2, 0.25) is 0 Å². The predicted octanol–water partition coefficient (Wildman–Crippen LogP) is -0.566. The Morgan fingerprint density at radius 2 is 2.29 bits per heavy atom. The molecule has 1 unspecified atom stereocenters. The molecule has 1 fully saturated rings. The van der Waals surface area contributed by atoms with Crippen LogP contribution in [0.5, 0.6) is 0 Å². The van der Waals surface area contributed by atoms with Crippen molar-refractivity contribution in [3.8, 4) is 12.3 Å². The average Bonchev–Trinajstić information content (AvgIpc) is 3.08. The predicted molar refractivity (Wildman–Crippen MR) is 80.2 cm³/mol. The quantitative estimate of drug-likeness (QED) is 0.469. The van der Waals surface area contributed by atoms with Crippen molar-refractivity contribution in [3.05, 3.63) is 12.7 Å². The number of phosphoric ester groups is 1. The summed E-state index contributed by atoms with van der Waals surface area (Å²) in [6, 6.07) is 0. The average molecular weight is 355 g/mol. The van der Waals surface area contributed by atoms with Crippen LogP contribution in [-0.4, -0.2) is 54.7 Å². The van der Waals surface area contributed by atoms with Crippen molar-refractivity contribution in [3.63, 3.8) is 0 Å². The molecule has 0 radical (unpaired) electrons. The third kappa shape index (κ3) is 3.25. The van der Waals surface area contributed by atoms with Gasteiger partial charge in [0.05, 0.1) is 12.9 Å². The number of nitrogens with zero attached hydrogens (tertiary/aromatic N) is 4. The molecule has 12 heteroatoms. The molecular formula is C12H14N5O6P. The first-order valence-electron chi connectivity index (χ1n) is 6.74. The largest absolute Gasteiger partial charge is 0.470 e. The van der Waals surface area contributed by atoms with Crippen LogP contribution in [0.3, 0.4) is 0 Å². The molecule has 128 valence electrons. The molecule has 3 heterocycles. The second-order valence-electron chi connectivity index (χ2n) is 4.92. The van der Waals surface area contributed by atoms with Crippen LogP contribution in [0.4, 0.5) is 5.82 Å². The number of hydrogen-bond acceptors (Lipinski definition) is 8. The van der Waals surface area contributed by atoms with Gasteiger partial charge in [0.15, 0.2) is 17.7 Å². The molecular weight excluding hydrogens is 341 g/mol. The molecule has 0 spiro atoms. The molecule has 2 aromatic heterocycles. The summed E-state index contributed by atoms with van der Waals surface area (Å²) in [6.07, 6.45) is 5.20. The molecule has 0 aromatic carbocycles. The van der Waals surface area contributed by atoms with E-state index in [1.807, 2.05) is 0 Å². The maximum absolute atomic E-state index is 11.1. The topological polar surface area (TPSA) is 155 Å². The van der Waals surface area contributed by atoms with Gasteiger partial charge in [0, 0.05) is 0 Å². The fourth-order valence-electron chi connectivity index (χ4n) is 2.46. The number of nitrogen functional groups attached to an aromatic ring is 1. The van der Waals surface area contributed by atoms with Gasteiger partial charge in [0.1, 0.15) is 30.7 Å². The number of fused-ring (bicyclic) bond motifs is 1. The molecule has 0 aliphatic carbocycles. The number of anilines is 1. The van der Waals surface area contributed by atoms with Gasteiger partial charge >= 0.3 is 7.82 Å². The number of imidazole rings is 1. The van der Waals surface area contributed by atoms with Crippen LogP contribution in [0, 0.1) is 12.3 Å². The lowest BCUT2D eigenvalue weighted by molar-refractivity contribution is -0.0516. The molecule has 1 aliphatic rings. The van der Waals surface area contributed by atoms with E-state index in [1.165, 1.54) is 17.2 Å². The fourth-order valence-corrected chi connectivity index (χ4v) is 3.00. The second kappa shape index (κ2) is 6.45. The summed E-state index contributed by atoms with van der Waals surface area (Å²) in [7, 11) is -4.73. The number of terminal acetylenes is 1. The number of phosphoric acid groups is 1. The fraction of sp³-hybridized carbons (Fsp3) is 0.417. The zero-order chi connectivity index (χ0) is 17.3. The molecule has 11 nitrogen and oxygen atoms in total. The van der Waals surface area contributed by atoms with Crippen molar-refractivity contribution in [1.82, 2.24) is 19.5 Å². The minimum Gasteiger partial charge on any atom is -0.382 e. The van der Waals surface area contributed by atoms with Gasteiger partial charge in [-0.3, -0.25) is 9.09 Å². The Bertz CT molecular complexity index is 829. The first kappa shape index (κ1) is 16.8. The normalized spacial score (nSPS) is 24.3. The van der Waals surface area contributed by atoms with Crippen LogP contribution in [0.25, 0.3) is 11.2 Å². The van der Waals surface area contributed by atoms with Gasteiger partial charge in [-0.05, 0) is 0 Å². The van der Waals surface area contributed by atoms with Gasteiger partial charge in [0.25, 0.3) is 0 Å². The van der Waals surface area contributed by atoms with Crippen molar-refractivity contribution >= 4 is 24.8 Å². The molecule has 3 rings (SSSR count). The highest BCUT2D eigenvalue weighted by atomic mass is 31.2. The molecule has 0 bridgehead atoms. The summed E-state index contributed by atoms with van der Waals surface area (Å²) in [5.74, 6) is 2.49. The molecule has 2 aromatic rings. The van der Waals surface area contributed by atoms with E-state index >= 15 is 0 Å². The zero-order valence-electron chi connectivity index (χ0n) is 12.2. The lowest BCUT2D eigenvalue weighted by Crippen LogP contribution is -2.33. The molecule has 24 heavy (non-hydrogen) atoms. The maximum Gasteiger partial charge on any atom is 0.470 e. The molecule has 1 saturated heterocycles. The van der Waals surface area contributed by atoms with Gasteiger partial charge in [0.2, 0.25) is 0 Å². The van der Waals surface area contributed by atoms with Crippen molar-refractivity contribution < 1.29 is 28.3 Å². The Morgan fingerprint density at radius 3 is 3.00 bits per heavy atom. The van der Waals surface area contributed by atoms with Gasteiger partial charge in [-0.15, -0.1) is 6.42 Å². The van der Waals surface area contributed by atoms with E-state index in [0.717, 1.165) is 0 Å². The first-order valence-corrected chi connectivity index (χ1v) is 8.27. The number of ether oxygens (including phenoxy) is 2. The van der Waals surface area contributed by atoms with E-state index in [1.54, 1.807) is 0 Å². The highest BCUT2D eigenvalue weighted by molar-refractivity contribution is 7.46. The lowest BCUT2D eigenvalue weighted by Gasteiger charge is -2.23. The molecule has 1 aliphatic heterocycles. The summed E-state index contributed by atoms with van der Waals surface area (Å²) in [4.78, 5) is 30.1. The van der Waals surface area contributed by atoms with Crippen LogP contribution in [0.1, 0.15) is 6.23 Å². The minimum absolute atomic E-state index is 0.0880. The Balaban J connectivity index is 1.94. The summed E-state index contributed by atoms with van der Waals surface area (Å²) >= 11 is 0. The summed E-state index contributed by atoms with van der Waals surface area (Å²) in [6.45, 7) is -0.194. The van der Waals surface area contributed by atoms with Gasteiger partial charge in [-0.25, -0.2) is 19.5 Å². The molecule has 0 amide bonds. The van der Waals surface area contributed by atoms with E-state index in [2.05, 4.69) is 20.9 Å². The third-order valence-corrected chi connectivity index (χ3v) is 3.92. The highest BCUT2D eigenvalue weighted by Crippen LogP contribution is 2.42. The standard InChI is InChI=1S/C12H14N5O6P/c1-2-3-21-9-7(23-24(18,19)20)4-22-12(9)17-6-16-8-10(13)14-5-15-11(8)17/h1,5-7,9,12H,3-4H2,(H2,13,14,15)(H2,18,19,20)/t7-,9?,12+/m0/s1. The summed E-state index contributed by atoms with van der Waals surface area (Å²) in [5.41, 5.74) is 6.50. The van der Waals surface area contributed by atoms with E-state index in [0.29, 0.717) is 11.2 Å². The lowest BCUT2D eigenvalue weighted by atomic mass is 10.2. The van der Waals surface area contributed by atoms with Crippen molar-refractivity contribution in [1.29, 1.82) is 0 Å². The number of rotatable bonds is 5. The van der Waals surface area contributed by atoms with E-state index in [4.69, 9.17) is 35.9 Å². The zero-order valence-corrected chi connectivity index (χ0v) is 13.1. The van der Waals surface area contributed by atoms with Crippen LogP contribution in [0.15, 0.2) is 12.7 Å².